The first-order chi connectivity index (χ1) is 12.1. The molecular weight excluding hydrogens is 312 g/mol. The molecule has 0 aromatic heterocycles. The van der Waals surface area contributed by atoms with Gasteiger partial charge in [-0.15, -0.1) is 0 Å². The number of rotatable bonds is 16. The van der Waals surface area contributed by atoms with Crippen LogP contribution in [-0.4, -0.2) is 11.8 Å². The van der Waals surface area contributed by atoms with E-state index in [1.165, 1.54) is 70.6 Å². The molecule has 0 fully saturated rings. The number of nitrogens with one attached hydrogen (secondary N) is 2. The second-order valence-corrected chi connectivity index (χ2v) is 7.63. The van der Waals surface area contributed by atoms with Crippen LogP contribution in [-0.2, 0) is 9.59 Å². The molecule has 0 unspecified atom stereocenters. The lowest BCUT2D eigenvalue weighted by atomic mass is 10.0. The van der Waals surface area contributed by atoms with Crippen LogP contribution in [0.2, 0.25) is 0 Å². The summed E-state index contributed by atoms with van der Waals surface area (Å²) in [7, 11) is 0. The normalized spacial score (nSPS) is 10.9. The molecule has 0 rings (SSSR count). The fourth-order valence-corrected chi connectivity index (χ4v) is 2.90. The topological polar surface area (TPSA) is 58.2 Å². The first-order valence-electron chi connectivity index (χ1n) is 10.6. The number of hydrogen-bond donors (Lipinski definition) is 2. The van der Waals surface area contributed by atoms with Gasteiger partial charge in [-0.2, -0.15) is 0 Å². The van der Waals surface area contributed by atoms with Gasteiger partial charge < -0.3 is 0 Å². The van der Waals surface area contributed by atoms with E-state index in [9.17, 15) is 9.59 Å². The first kappa shape index (κ1) is 23.9. The highest BCUT2D eigenvalue weighted by Crippen LogP contribution is 2.14. The summed E-state index contributed by atoms with van der Waals surface area (Å²) in [6.07, 6.45) is 17.9. The number of carbonyl (C=O) groups excluding carboxylic acids is 2. The SMILES string of the molecule is CCC(=O)NNC(=O)CCCCCCCCCCCCCCC(C)C. The van der Waals surface area contributed by atoms with Gasteiger partial charge in [0.25, 0.3) is 0 Å². The van der Waals surface area contributed by atoms with Crippen molar-refractivity contribution in [3.8, 4) is 0 Å². The van der Waals surface area contributed by atoms with E-state index in [-0.39, 0.29) is 11.8 Å². The van der Waals surface area contributed by atoms with Crippen molar-refractivity contribution < 1.29 is 9.59 Å². The van der Waals surface area contributed by atoms with E-state index >= 15 is 0 Å². The number of hydrogen-bond acceptors (Lipinski definition) is 2. The maximum Gasteiger partial charge on any atom is 0.238 e. The van der Waals surface area contributed by atoms with Gasteiger partial charge in [0.15, 0.2) is 0 Å². The predicted molar refractivity (Wildman–Crippen MR) is 106 cm³/mol. The minimum Gasteiger partial charge on any atom is -0.273 e. The highest BCUT2D eigenvalue weighted by Gasteiger charge is 2.02. The Morgan fingerprint density at radius 2 is 1.04 bits per heavy atom. The zero-order valence-corrected chi connectivity index (χ0v) is 17.0. The molecular formula is C21H42N2O2. The van der Waals surface area contributed by atoms with Crippen molar-refractivity contribution in [3.05, 3.63) is 0 Å². The summed E-state index contributed by atoms with van der Waals surface area (Å²) in [5.41, 5.74) is 4.84. The maximum atomic E-state index is 11.5. The second-order valence-electron chi connectivity index (χ2n) is 7.63. The Morgan fingerprint density at radius 1 is 0.640 bits per heavy atom. The smallest absolute Gasteiger partial charge is 0.238 e. The molecule has 0 aromatic carbocycles. The van der Waals surface area contributed by atoms with Crippen molar-refractivity contribution in [2.75, 3.05) is 0 Å². The first-order valence-corrected chi connectivity index (χ1v) is 10.6. The average Bonchev–Trinajstić information content (AvgIpc) is 2.59. The monoisotopic (exact) mass is 354 g/mol. The molecule has 4 nitrogen and oxygen atoms in total. The van der Waals surface area contributed by atoms with Crippen LogP contribution in [0.15, 0.2) is 0 Å². The van der Waals surface area contributed by atoms with E-state index in [1.54, 1.807) is 6.92 Å². The van der Waals surface area contributed by atoms with Crippen molar-refractivity contribution in [2.24, 2.45) is 5.92 Å². The summed E-state index contributed by atoms with van der Waals surface area (Å²) in [5, 5.41) is 0. The van der Waals surface area contributed by atoms with Gasteiger partial charge in [0.1, 0.15) is 0 Å². The minimum absolute atomic E-state index is 0.0878. The lowest BCUT2D eigenvalue weighted by molar-refractivity contribution is -0.128. The van der Waals surface area contributed by atoms with Gasteiger partial charge in [0, 0.05) is 12.8 Å². The fraction of sp³-hybridized carbons (Fsp3) is 0.905. The molecule has 0 aliphatic carbocycles. The van der Waals surface area contributed by atoms with E-state index in [2.05, 4.69) is 24.7 Å². The van der Waals surface area contributed by atoms with E-state index in [0.29, 0.717) is 12.8 Å². The van der Waals surface area contributed by atoms with Crippen LogP contribution in [0.1, 0.15) is 117 Å². The van der Waals surface area contributed by atoms with Crippen LogP contribution in [0, 0.1) is 5.92 Å². The third-order valence-corrected chi connectivity index (χ3v) is 4.60. The summed E-state index contributed by atoms with van der Waals surface area (Å²) < 4.78 is 0. The van der Waals surface area contributed by atoms with Crippen molar-refractivity contribution in [1.29, 1.82) is 0 Å². The summed E-state index contributed by atoms with van der Waals surface area (Å²) in [5.74, 6) is 0.621. The Balaban J connectivity index is 3.16. The number of carbonyl (C=O) groups is 2. The standard InChI is InChI=1S/C21H42N2O2/c1-4-20(24)22-23-21(25)18-16-14-12-10-8-6-5-7-9-11-13-15-17-19(2)3/h19H,4-18H2,1-3H3,(H,22,24)(H,23,25). The average molecular weight is 355 g/mol. The molecule has 0 aliphatic heterocycles. The fourth-order valence-electron chi connectivity index (χ4n) is 2.90. The van der Waals surface area contributed by atoms with E-state index in [4.69, 9.17) is 0 Å². The highest BCUT2D eigenvalue weighted by atomic mass is 16.2. The van der Waals surface area contributed by atoms with Gasteiger partial charge in [0.2, 0.25) is 11.8 Å². The number of unbranched alkanes of at least 4 members (excludes halogenated alkanes) is 11. The molecule has 2 amide bonds. The molecule has 0 bridgehead atoms. The molecule has 25 heavy (non-hydrogen) atoms. The second kappa shape index (κ2) is 17.8. The van der Waals surface area contributed by atoms with Crippen molar-refractivity contribution in [2.45, 2.75) is 117 Å². The summed E-state index contributed by atoms with van der Waals surface area (Å²) in [4.78, 5) is 22.5. The molecule has 0 aromatic rings. The zero-order valence-electron chi connectivity index (χ0n) is 17.0. The molecule has 0 spiro atoms. The van der Waals surface area contributed by atoms with Gasteiger partial charge in [-0.05, 0) is 12.3 Å². The molecule has 4 heteroatoms. The van der Waals surface area contributed by atoms with Crippen molar-refractivity contribution in [1.82, 2.24) is 10.9 Å². The Bertz CT molecular complexity index is 330. The Morgan fingerprint density at radius 3 is 1.48 bits per heavy atom. The Labute approximate surface area is 155 Å². The van der Waals surface area contributed by atoms with Gasteiger partial charge in [-0.1, -0.05) is 97.8 Å². The molecule has 0 heterocycles. The van der Waals surface area contributed by atoms with E-state index in [1.807, 2.05) is 0 Å². The molecule has 148 valence electrons. The van der Waals surface area contributed by atoms with Crippen LogP contribution in [0.25, 0.3) is 0 Å². The van der Waals surface area contributed by atoms with E-state index < -0.39 is 0 Å². The summed E-state index contributed by atoms with van der Waals surface area (Å²) in [6, 6.07) is 0. The lowest BCUT2D eigenvalue weighted by Crippen LogP contribution is -2.41. The van der Waals surface area contributed by atoms with Crippen LogP contribution >= 0.6 is 0 Å². The van der Waals surface area contributed by atoms with E-state index in [0.717, 1.165) is 18.8 Å². The van der Waals surface area contributed by atoms with Gasteiger partial charge >= 0.3 is 0 Å². The molecule has 2 N–H and O–H groups in total. The third-order valence-electron chi connectivity index (χ3n) is 4.60. The predicted octanol–water partition coefficient (Wildman–Crippen LogP) is 5.66. The van der Waals surface area contributed by atoms with Crippen LogP contribution in [0.4, 0.5) is 0 Å². The molecule has 0 atom stereocenters. The molecule has 0 saturated heterocycles. The van der Waals surface area contributed by atoms with Gasteiger partial charge in [-0.3, -0.25) is 20.4 Å². The van der Waals surface area contributed by atoms with Gasteiger partial charge in [-0.25, -0.2) is 0 Å². The quantitative estimate of drug-likeness (QED) is 0.277. The van der Waals surface area contributed by atoms with Crippen LogP contribution in [0.5, 0.6) is 0 Å². The summed E-state index contributed by atoms with van der Waals surface area (Å²) >= 11 is 0. The van der Waals surface area contributed by atoms with Crippen LogP contribution < -0.4 is 10.9 Å². The molecule has 0 saturated carbocycles. The Hall–Kier alpha value is -1.06. The third kappa shape index (κ3) is 19.1. The largest absolute Gasteiger partial charge is 0.273 e. The van der Waals surface area contributed by atoms with Crippen molar-refractivity contribution in [3.63, 3.8) is 0 Å². The van der Waals surface area contributed by atoms with Gasteiger partial charge in [0.05, 0.1) is 0 Å². The summed E-state index contributed by atoms with van der Waals surface area (Å²) in [6.45, 7) is 6.37. The number of amides is 2. The molecule has 0 radical (unpaired) electrons. The molecule has 0 aliphatic rings. The van der Waals surface area contributed by atoms with Crippen LogP contribution in [0.3, 0.4) is 0 Å². The highest BCUT2D eigenvalue weighted by molar-refractivity contribution is 5.81. The number of hydrazine groups is 1. The van der Waals surface area contributed by atoms with Crippen molar-refractivity contribution >= 4 is 11.8 Å². The Kier molecular flexibility index (Phi) is 17.0. The maximum absolute atomic E-state index is 11.5. The minimum atomic E-state index is -0.149. The lowest BCUT2D eigenvalue weighted by Gasteiger charge is -2.06. The zero-order chi connectivity index (χ0) is 18.8.